The first-order chi connectivity index (χ1) is 6.74. The Morgan fingerprint density at radius 1 is 1.36 bits per heavy atom. The van der Waals surface area contributed by atoms with Gasteiger partial charge in [-0.1, -0.05) is 26.2 Å². The third kappa shape index (κ3) is 4.20. The highest BCUT2D eigenvalue weighted by Crippen LogP contribution is 2.27. The molecule has 2 unspecified atom stereocenters. The molecule has 0 radical (unpaired) electrons. The van der Waals surface area contributed by atoms with Gasteiger partial charge in [0.15, 0.2) is 0 Å². The molecule has 1 rings (SSSR count). The molecule has 84 valence electrons. The Morgan fingerprint density at radius 2 is 2.00 bits per heavy atom. The van der Waals surface area contributed by atoms with Gasteiger partial charge in [-0.15, -0.1) is 0 Å². The van der Waals surface area contributed by atoms with Crippen LogP contribution in [0.3, 0.4) is 0 Å². The highest BCUT2D eigenvalue weighted by molar-refractivity contribution is 7.99. The summed E-state index contributed by atoms with van der Waals surface area (Å²) in [6.45, 7) is 2.32. The van der Waals surface area contributed by atoms with E-state index in [0.717, 1.165) is 11.7 Å². The molecule has 2 nitrogen and oxygen atoms in total. The normalized spacial score (nSPS) is 23.4. The molecule has 0 aromatic rings. The van der Waals surface area contributed by atoms with Crippen molar-refractivity contribution < 1.29 is 5.11 Å². The van der Waals surface area contributed by atoms with Crippen LogP contribution in [0.1, 0.15) is 39.0 Å². The van der Waals surface area contributed by atoms with E-state index in [4.69, 9.17) is 10.8 Å². The van der Waals surface area contributed by atoms with Crippen LogP contribution in [0.25, 0.3) is 0 Å². The predicted molar refractivity (Wildman–Crippen MR) is 63.6 cm³/mol. The summed E-state index contributed by atoms with van der Waals surface area (Å²) in [4.78, 5) is 0. The van der Waals surface area contributed by atoms with Gasteiger partial charge >= 0.3 is 0 Å². The number of nitrogens with two attached hydrogens (primary N) is 1. The van der Waals surface area contributed by atoms with E-state index >= 15 is 0 Å². The van der Waals surface area contributed by atoms with E-state index in [2.05, 4.69) is 6.92 Å². The molecule has 1 saturated carbocycles. The summed E-state index contributed by atoms with van der Waals surface area (Å²) < 4.78 is 0. The van der Waals surface area contributed by atoms with E-state index in [0.29, 0.717) is 11.3 Å². The number of aliphatic hydroxyl groups is 1. The summed E-state index contributed by atoms with van der Waals surface area (Å²) >= 11 is 1.80. The Hall–Kier alpha value is 0.270. The fourth-order valence-electron chi connectivity index (χ4n) is 2.03. The van der Waals surface area contributed by atoms with Crippen LogP contribution in [-0.2, 0) is 0 Å². The van der Waals surface area contributed by atoms with Crippen molar-refractivity contribution in [3.63, 3.8) is 0 Å². The van der Waals surface area contributed by atoms with Crippen molar-refractivity contribution in [1.82, 2.24) is 0 Å². The molecule has 14 heavy (non-hydrogen) atoms. The third-order valence-electron chi connectivity index (χ3n) is 3.09. The molecule has 1 aliphatic rings. The Balaban J connectivity index is 2.16. The molecule has 3 heteroatoms. The number of hydrogen-bond acceptors (Lipinski definition) is 3. The number of aliphatic hydroxyl groups excluding tert-OH is 1. The zero-order chi connectivity index (χ0) is 10.4. The zero-order valence-corrected chi connectivity index (χ0v) is 9.93. The minimum Gasteiger partial charge on any atom is -0.395 e. The predicted octanol–water partition coefficient (Wildman–Crippen LogP) is 2.01. The number of rotatable bonds is 5. The van der Waals surface area contributed by atoms with Crippen LogP contribution < -0.4 is 5.73 Å². The molecule has 0 aromatic carbocycles. The van der Waals surface area contributed by atoms with Gasteiger partial charge in [0.1, 0.15) is 0 Å². The molecule has 0 heterocycles. The van der Waals surface area contributed by atoms with Gasteiger partial charge in [0, 0.05) is 17.0 Å². The third-order valence-corrected chi connectivity index (χ3v) is 4.38. The average molecular weight is 217 g/mol. The minimum atomic E-state index is 0.266. The fourth-order valence-corrected chi connectivity index (χ4v) is 2.95. The van der Waals surface area contributed by atoms with Crippen molar-refractivity contribution >= 4 is 11.8 Å². The van der Waals surface area contributed by atoms with E-state index in [1.807, 2.05) is 0 Å². The largest absolute Gasteiger partial charge is 0.395 e. The maximum Gasteiger partial charge on any atom is 0.0547 e. The number of thioether (sulfide) groups is 1. The van der Waals surface area contributed by atoms with Crippen LogP contribution in [0.15, 0.2) is 0 Å². The van der Waals surface area contributed by atoms with Crippen LogP contribution in [-0.4, -0.2) is 28.8 Å². The second-order valence-corrected chi connectivity index (χ2v) is 5.86. The molecule has 0 aliphatic heterocycles. The van der Waals surface area contributed by atoms with Crippen LogP contribution in [0.2, 0.25) is 0 Å². The summed E-state index contributed by atoms with van der Waals surface area (Å²) in [5.74, 6) is 1.74. The first kappa shape index (κ1) is 12.3. The lowest BCUT2D eigenvalue weighted by Crippen LogP contribution is -2.34. The lowest BCUT2D eigenvalue weighted by molar-refractivity contribution is 0.299. The maximum atomic E-state index is 8.90. The molecule has 0 spiro atoms. The van der Waals surface area contributed by atoms with Gasteiger partial charge in [0.25, 0.3) is 0 Å². The molecule has 0 aromatic heterocycles. The molecule has 1 aliphatic carbocycles. The molecule has 0 bridgehead atoms. The smallest absolute Gasteiger partial charge is 0.0547 e. The fraction of sp³-hybridized carbons (Fsp3) is 1.00. The van der Waals surface area contributed by atoms with Crippen molar-refractivity contribution in [2.75, 3.05) is 12.4 Å². The van der Waals surface area contributed by atoms with E-state index < -0.39 is 0 Å². The van der Waals surface area contributed by atoms with Gasteiger partial charge in [-0.2, -0.15) is 11.8 Å². The molecular formula is C11H23NOS. The highest BCUT2D eigenvalue weighted by atomic mass is 32.2. The Morgan fingerprint density at radius 3 is 2.57 bits per heavy atom. The first-order valence-electron chi connectivity index (χ1n) is 5.72. The lowest BCUT2D eigenvalue weighted by Gasteiger charge is -2.27. The first-order valence-corrected chi connectivity index (χ1v) is 6.77. The molecule has 0 saturated heterocycles. The standard InChI is InChI=1S/C11H23NOS/c1-9(7-13)14-8-11(12)10-5-3-2-4-6-10/h9-11,13H,2-8,12H2,1H3. The topological polar surface area (TPSA) is 46.2 Å². The van der Waals surface area contributed by atoms with Gasteiger partial charge in [-0.3, -0.25) is 0 Å². The summed E-state index contributed by atoms with van der Waals surface area (Å²) in [6.07, 6.45) is 6.74. The van der Waals surface area contributed by atoms with E-state index in [1.165, 1.54) is 32.1 Å². The van der Waals surface area contributed by atoms with Crippen LogP contribution in [0, 0.1) is 5.92 Å². The summed E-state index contributed by atoms with van der Waals surface area (Å²) in [5, 5.41) is 9.23. The van der Waals surface area contributed by atoms with Gasteiger partial charge in [-0.05, 0) is 18.8 Å². The van der Waals surface area contributed by atoms with Crippen molar-refractivity contribution in [3.8, 4) is 0 Å². The Labute approximate surface area is 91.6 Å². The molecule has 3 N–H and O–H groups in total. The van der Waals surface area contributed by atoms with Crippen LogP contribution in [0.4, 0.5) is 0 Å². The van der Waals surface area contributed by atoms with E-state index in [1.54, 1.807) is 11.8 Å². The quantitative estimate of drug-likeness (QED) is 0.740. The average Bonchev–Trinajstić information content (AvgIpc) is 2.26. The van der Waals surface area contributed by atoms with Crippen molar-refractivity contribution in [2.45, 2.75) is 50.3 Å². The van der Waals surface area contributed by atoms with E-state index in [-0.39, 0.29) is 6.61 Å². The van der Waals surface area contributed by atoms with Gasteiger partial charge in [-0.25, -0.2) is 0 Å². The SMILES string of the molecule is CC(CO)SCC(N)C1CCCCC1. The Bertz CT molecular complexity index is 148. The minimum absolute atomic E-state index is 0.266. The van der Waals surface area contributed by atoms with Crippen LogP contribution in [0.5, 0.6) is 0 Å². The maximum absolute atomic E-state index is 8.90. The summed E-state index contributed by atoms with van der Waals surface area (Å²) in [5.41, 5.74) is 6.15. The van der Waals surface area contributed by atoms with E-state index in [9.17, 15) is 0 Å². The number of hydrogen-bond donors (Lipinski definition) is 2. The Kier molecular flexibility index (Phi) is 5.90. The van der Waals surface area contributed by atoms with Crippen molar-refractivity contribution in [2.24, 2.45) is 11.7 Å². The lowest BCUT2D eigenvalue weighted by atomic mass is 9.85. The summed E-state index contributed by atoms with van der Waals surface area (Å²) in [6, 6.07) is 0.342. The molecule has 1 fully saturated rings. The monoisotopic (exact) mass is 217 g/mol. The molecular weight excluding hydrogens is 194 g/mol. The molecule has 2 atom stereocenters. The zero-order valence-electron chi connectivity index (χ0n) is 9.11. The van der Waals surface area contributed by atoms with Crippen molar-refractivity contribution in [3.05, 3.63) is 0 Å². The van der Waals surface area contributed by atoms with Gasteiger partial charge < -0.3 is 10.8 Å². The highest BCUT2D eigenvalue weighted by Gasteiger charge is 2.20. The molecule has 0 amide bonds. The second-order valence-electron chi connectivity index (χ2n) is 4.39. The van der Waals surface area contributed by atoms with Gasteiger partial charge in [0.05, 0.1) is 6.61 Å². The second kappa shape index (κ2) is 6.70. The summed E-state index contributed by atoms with van der Waals surface area (Å²) in [7, 11) is 0. The van der Waals surface area contributed by atoms with Crippen molar-refractivity contribution in [1.29, 1.82) is 0 Å². The van der Waals surface area contributed by atoms with Crippen LogP contribution >= 0.6 is 11.8 Å². The van der Waals surface area contributed by atoms with Gasteiger partial charge in [0.2, 0.25) is 0 Å².